The van der Waals surface area contributed by atoms with Gasteiger partial charge in [-0.3, -0.25) is 0 Å². The Labute approximate surface area is 89.1 Å². The van der Waals surface area contributed by atoms with Gasteiger partial charge in [0.1, 0.15) is 0 Å². The van der Waals surface area contributed by atoms with Crippen molar-refractivity contribution in [2.24, 2.45) is 0 Å². The molecular formula is C3H7BCaN2O3. The molecule has 0 aliphatic rings. The van der Waals surface area contributed by atoms with Crippen molar-refractivity contribution in [3.63, 3.8) is 0 Å². The summed E-state index contributed by atoms with van der Waals surface area (Å²) in [5.41, 5.74) is 0. The zero-order chi connectivity index (χ0) is 6.24. The van der Waals surface area contributed by atoms with Gasteiger partial charge in [-0.05, 0) is 0 Å². The second-order valence-corrected chi connectivity index (χ2v) is 0.878. The summed E-state index contributed by atoms with van der Waals surface area (Å²) in [5, 5.41) is 16.8. The molecule has 0 aliphatic heterocycles. The van der Waals surface area contributed by atoms with Gasteiger partial charge in [-0.1, -0.05) is 0 Å². The van der Waals surface area contributed by atoms with E-state index in [2.05, 4.69) is 9.97 Å². The van der Waals surface area contributed by atoms with Gasteiger partial charge in [0.2, 0.25) is 0 Å². The third kappa shape index (κ3) is 15.8. The van der Waals surface area contributed by atoms with Crippen LogP contribution in [0, 0.1) is 0 Å². The van der Waals surface area contributed by atoms with Crippen LogP contribution in [-0.4, -0.2) is 60.9 Å². The van der Waals surface area contributed by atoms with E-state index in [4.69, 9.17) is 10.0 Å². The normalized spacial score (nSPS) is 5.40. The van der Waals surface area contributed by atoms with E-state index in [1.54, 1.807) is 18.7 Å². The predicted molar refractivity (Wildman–Crippen MR) is 35.1 cm³/mol. The molecule has 0 atom stereocenters. The molecule has 7 heteroatoms. The van der Waals surface area contributed by atoms with Crippen LogP contribution in [0.4, 0.5) is 0 Å². The summed E-state index contributed by atoms with van der Waals surface area (Å²) in [6, 6.07) is 0. The molecule has 0 unspecified atom stereocenters. The van der Waals surface area contributed by atoms with E-state index in [9.17, 15) is 0 Å². The third-order valence-electron chi connectivity index (χ3n) is 0.406. The zero-order valence-electron chi connectivity index (χ0n) is 5.41. The summed E-state index contributed by atoms with van der Waals surface area (Å²) >= 11 is 0. The fourth-order valence-corrected chi connectivity index (χ4v) is 0.215. The van der Waals surface area contributed by atoms with Crippen LogP contribution < -0.4 is 10.0 Å². The van der Waals surface area contributed by atoms with Crippen LogP contribution in [-0.2, 0) is 0 Å². The first kappa shape index (κ1) is 16.8. The largest absolute Gasteiger partial charge is 2.00 e. The van der Waals surface area contributed by atoms with Crippen molar-refractivity contribution in [1.82, 2.24) is 9.97 Å². The molecule has 3 N–H and O–H groups in total. The van der Waals surface area contributed by atoms with E-state index in [1.807, 2.05) is 0 Å². The van der Waals surface area contributed by atoms with Crippen LogP contribution in [0.15, 0.2) is 18.7 Å². The van der Waals surface area contributed by atoms with Gasteiger partial charge in [0.05, 0.1) is 6.33 Å². The average Bonchev–Trinajstić information content (AvgIpc) is 2.17. The van der Waals surface area contributed by atoms with Crippen molar-refractivity contribution < 1.29 is 15.5 Å². The van der Waals surface area contributed by atoms with Crippen molar-refractivity contribution in [2.75, 3.05) is 0 Å². The third-order valence-corrected chi connectivity index (χ3v) is 0.406. The van der Waals surface area contributed by atoms with Crippen molar-refractivity contribution in [2.45, 2.75) is 0 Å². The van der Waals surface area contributed by atoms with Gasteiger partial charge in [-0.2, -0.15) is 0 Å². The smallest absolute Gasteiger partial charge is 0.896 e. The Morgan fingerprint density at radius 3 is 2.00 bits per heavy atom. The van der Waals surface area contributed by atoms with Crippen LogP contribution in [0.2, 0.25) is 0 Å². The average molecular weight is 170 g/mol. The number of H-pyrrole nitrogens is 1. The predicted octanol–water partition coefficient (Wildman–Crippen LogP) is -3.82. The Bertz CT molecular complexity index is 88.6. The summed E-state index contributed by atoms with van der Waals surface area (Å²) in [6.07, 6.45) is 5.08. The molecular weight excluding hydrogens is 163 g/mol. The molecule has 0 bridgehead atoms. The van der Waals surface area contributed by atoms with Gasteiger partial charge in [0.15, 0.2) is 0 Å². The maximum Gasteiger partial charge on any atom is 2.00 e. The number of imidazole rings is 1. The Hall–Kier alpha value is 0.415. The van der Waals surface area contributed by atoms with Crippen molar-refractivity contribution in [3.05, 3.63) is 18.7 Å². The molecule has 1 heterocycles. The molecule has 0 spiro atoms. The molecule has 52 valence electrons. The summed E-state index contributed by atoms with van der Waals surface area (Å²) in [4.78, 5) is 6.42. The molecule has 10 heavy (non-hydrogen) atoms. The number of aromatic amines is 1. The molecule has 5 nitrogen and oxygen atoms in total. The van der Waals surface area contributed by atoms with Gasteiger partial charge in [0.25, 0.3) is 0 Å². The van der Waals surface area contributed by atoms with Gasteiger partial charge < -0.3 is 20.5 Å². The Morgan fingerprint density at radius 1 is 1.40 bits per heavy atom. The van der Waals surface area contributed by atoms with E-state index in [-0.39, 0.29) is 43.2 Å². The van der Waals surface area contributed by atoms with E-state index >= 15 is 0 Å². The molecule has 0 aromatic carbocycles. The van der Waals surface area contributed by atoms with Crippen LogP contribution in [0.25, 0.3) is 0 Å². The maximum absolute atomic E-state index is 8.38. The summed E-state index contributed by atoms with van der Waals surface area (Å²) in [5.74, 6) is 0. The first-order valence-corrected chi connectivity index (χ1v) is 2.00. The molecule has 1 rings (SSSR count). The SMILES string of the molecule is O.[Ca+2].[O-]B[O-].c1c[nH]cn1. The van der Waals surface area contributed by atoms with Gasteiger partial charge in [0, 0.05) is 12.4 Å². The molecule has 0 saturated heterocycles. The summed E-state index contributed by atoms with van der Waals surface area (Å²) < 4.78 is 0. The summed E-state index contributed by atoms with van der Waals surface area (Å²) in [6.45, 7) is 0. The minimum atomic E-state index is -1.25. The zero-order valence-corrected chi connectivity index (χ0v) is 7.62. The second-order valence-electron chi connectivity index (χ2n) is 0.878. The van der Waals surface area contributed by atoms with E-state index < -0.39 is 7.69 Å². The maximum atomic E-state index is 8.38. The van der Waals surface area contributed by atoms with Crippen LogP contribution in [0.5, 0.6) is 0 Å². The Balaban J connectivity index is -0.0000000900. The number of hydrogen-bond donors (Lipinski definition) is 1. The van der Waals surface area contributed by atoms with E-state index in [0.717, 1.165) is 0 Å². The van der Waals surface area contributed by atoms with Crippen molar-refractivity contribution in [1.29, 1.82) is 0 Å². The fraction of sp³-hybridized carbons (Fsp3) is 0. The fourth-order valence-electron chi connectivity index (χ4n) is 0.215. The second kappa shape index (κ2) is 16.2. The van der Waals surface area contributed by atoms with Crippen molar-refractivity contribution >= 4 is 45.4 Å². The monoisotopic (exact) mass is 170 g/mol. The molecule has 0 radical (unpaired) electrons. The number of nitrogens with one attached hydrogen (secondary N) is 1. The quantitative estimate of drug-likeness (QED) is 0.403. The van der Waals surface area contributed by atoms with Gasteiger partial charge in [-0.15, -0.1) is 7.69 Å². The summed E-state index contributed by atoms with van der Waals surface area (Å²) in [7, 11) is -1.25. The number of hydrogen-bond acceptors (Lipinski definition) is 3. The Morgan fingerprint density at radius 2 is 1.90 bits per heavy atom. The molecule has 0 aliphatic carbocycles. The molecule has 0 saturated carbocycles. The topological polar surface area (TPSA) is 106 Å². The van der Waals surface area contributed by atoms with Crippen LogP contribution >= 0.6 is 0 Å². The molecule has 0 fully saturated rings. The number of aromatic nitrogens is 2. The Kier molecular flexibility index (Phi) is 27.2. The molecule has 1 aromatic heterocycles. The van der Waals surface area contributed by atoms with Gasteiger partial charge >= 0.3 is 37.7 Å². The molecule has 0 amide bonds. The number of rotatable bonds is 0. The first-order valence-electron chi connectivity index (χ1n) is 2.00. The van der Waals surface area contributed by atoms with E-state index in [0.29, 0.717) is 0 Å². The van der Waals surface area contributed by atoms with Crippen LogP contribution in [0.3, 0.4) is 0 Å². The van der Waals surface area contributed by atoms with Crippen LogP contribution in [0.1, 0.15) is 0 Å². The van der Waals surface area contributed by atoms with Crippen molar-refractivity contribution in [3.8, 4) is 0 Å². The van der Waals surface area contributed by atoms with Gasteiger partial charge in [-0.25, -0.2) is 4.98 Å². The first-order chi connectivity index (χ1) is 3.91. The molecule has 1 aromatic rings. The minimum Gasteiger partial charge on any atom is -0.896 e. The van der Waals surface area contributed by atoms with E-state index in [1.165, 1.54) is 0 Å². The number of nitrogens with zero attached hydrogens (tertiary/aromatic N) is 1. The minimum absolute atomic E-state index is 0. The standard InChI is InChI=1S/C3H4N2.BHO2.Ca.H2O/c1-2-5-3-4-1;2-1-3;;/h1-3H,(H,4,5);1H;;1H2/q;-2;+2;.